The molecule has 2 rings (SSSR count). The lowest BCUT2D eigenvalue weighted by atomic mass is 9.65. The van der Waals surface area contributed by atoms with Crippen LogP contribution in [0.15, 0.2) is 11.2 Å². The predicted octanol–water partition coefficient (Wildman–Crippen LogP) is 0.0241. The van der Waals surface area contributed by atoms with Crippen LogP contribution in [0, 0.1) is 5.41 Å². The molecule has 1 aliphatic rings. The van der Waals surface area contributed by atoms with E-state index >= 15 is 0 Å². The highest BCUT2D eigenvalue weighted by Crippen LogP contribution is 2.41. The van der Waals surface area contributed by atoms with Crippen LogP contribution in [-0.2, 0) is 14.8 Å². The van der Waals surface area contributed by atoms with Crippen LogP contribution in [0.2, 0.25) is 0 Å². The number of rotatable bonds is 5. The molecule has 8 nitrogen and oxygen atoms in total. The van der Waals surface area contributed by atoms with Gasteiger partial charge in [0.25, 0.3) is 10.0 Å². The lowest BCUT2D eigenvalue weighted by Gasteiger charge is -2.49. The maximum Gasteiger partial charge on any atom is 0.342 e. The third-order valence-corrected chi connectivity index (χ3v) is 5.33. The number of hydrogen-bond acceptors (Lipinski definition) is 6. The van der Waals surface area contributed by atoms with Crippen LogP contribution in [-0.4, -0.2) is 48.4 Å². The van der Waals surface area contributed by atoms with Gasteiger partial charge in [0.15, 0.2) is 5.03 Å². The highest BCUT2D eigenvalue weighted by molar-refractivity contribution is 7.89. The topological polar surface area (TPSA) is 121 Å². The summed E-state index contributed by atoms with van der Waals surface area (Å²) in [5.74, 6) is -0.750. The molecule has 0 amide bonds. The molecule has 1 aromatic rings. The molecular formula is C12H19N3O5S. The normalized spacial score (nSPS) is 24.4. The number of carbonyl (C=O) groups is 1. The smallest absolute Gasteiger partial charge is 0.342 e. The van der Waals surface area contributed by atoms with Gasteiger partial charge < -0.3 is 9.84 Å². The number of hydrogen-bond donors (Lipinski definition) is 3. The van der Waals surface area contributed by atoms with Crippen molar-refractivity contribution < 1.29 is 23.1 Å². The lowest BCUT2D eigenvalue weighted by molar-refractivity contribution is -0.0645. The second kappa shape index (κ2) is 5.39. The first kappa shape index (κ1) is 15.9. The summed E-state index contributed by atoms with van der Waals surface area (Å²) in [6.45, 7) is 5.31. The van der Waals surface area contributed by atoms with Crippen molar-refractivity contribution in [3.05, 3.63) is 11.8 Å². The quantitative estimate of drug-likeness (QED) is 0.658. The summed E-state index contributed by atoms with van der Waals surface area (Å²) in [5, 5.41) is 15.2. The van der Waals surface area contributed by atoms with Gasteiger partial charge in [0, 0.05) is 11.5 Å². The average Bonchev–Trinajstić information content (AvgIpc) is 2.88. The SMILES string of the molecule is CCOC(=O)c1cn[nH]c1S(=O)(=O)NC1CC(O)C1(C)C. The van der Waals surface area contributed by atoms with Crippen molar-refractivity contribution in [2.45, 2.75) is 44.4 Å². The van der Waals surface area contributed by atoms with E-state index in [1.165, 1.54) is 0 Å². The number of sulfonamides is 1. The summed E-state index contributed by atoms with van der Waals surface area (Å²) >= 11 is 0. The van der Waals surface area contributed by atoms with Gasteiger partial charge >= 0.3 is 5.97 Å². The molecule has 1 aliphatic carbocycles. The summed E-state index contributed by atoms with van der Waals surface area (Å²) in [7, 11) is -3.95. The number of aromatic amines is 1. The van der Waals surface area contributed by atoms with E-state index in [1.807, 2.05) is 0 Å². The Labute approximate surface area is 122 Å². The van der Waals surface area contributed by atoms with Crippen LogP contribution in [0.3, 0.4) is 0 Å². The molecule has 21 heavy (non-hydrogen) atoms. The number of esters is 1. The molecule has 0 spiro atoms. The minimum atomic E-state index is -3.95. The van der Waals surface area contributed by atoms with Crippen molar-refractivity contribution in [1.82, 2.24) is 14.9 Å². The minimum absolute atomic E-state index is 0.137. The molecule has 9 heteroatoms. The molecule has 1 fully saturated rings. The van der Waals surface area contributed by atoms with Gasteiger partial charge in [0.2, 0.25) is 0 Å². The van der Waals surface area contributed by atoms with Crippen LogP contribution < -0.4 is 4.72 Å². The summed E-state index contributed by atoms with van der Waals surface area (Å²) < 4.78 is 32.0. The monoisotopic (exact) mass is 317 g/mol. The molecule has 118 valence electrons. The van der Waals surface area contributed by atoms with Gasteiger partial charge in [-0.15, -0.1) is 0 Å². The fourth-order valence-electron chi connectivity index (χ4n) is 2.18. The molecule has 1 heterocycles. The van der Waals surface area contributed by atoms with E-state index in [0.29, 0.717) is 6.42 Å². The van der Waals surface area contributed by atoms with Crippen LogP contribution in [0.25, 0.3) is 0 Å². The molecule has 0 aliphatic heterocycles. The van der Waals surface area contributed by atoms with Gasteiger partial charge in [-0.25, -0.2) is 17.9 Å². The number of H-pyrrole nitrogens is 1. The Morgan fingerprint density at radius 2 is 2.29 bits per heavy atom. The Hall–Kier alpha value is -1.45. The average molecular weight is 317 g/mol. The van der Waals surface area contributed by atoms with E-state index in [2.05, 4.69) is 14.9 Å². The number of aliphatic hydroxyl groups is 1. The van der Waals surface area contributed by atoms with Crippen LogP contribution >= 0.6 is 0 Å². The van der Waals surface area contributed by atoms with Crippen molar-refractivity contribution in [3.8, 4) is 0 Å². The molecular weight excluding hydrogens is 298 g/mol. The molecule has 1 aromatic heterocycles. The zero-order valence-electron chi connectivity index (χ0n) is 12.1. The number of aromatic nitrogens is 2. The summed E-state index contributed by atoms with van der Waals surface area (Å²) in [6, 6.07) is -0.407. The second-order valence-corrected chi connectivity index (χ2v) is 7.23. The Morgan fingerprint density at radius 3 is 2.81 bits per heavy atom. The van der Waals surface area contributed by atoms with Crippen LogP contribution in [0.4, 0.5) is 0 Å². The third kappa shape index (κ3) is 2.81. The summed E-state index contributed by atoms with van der Waals surface area (Å²) in [4.78, 5) is 11.7. The van der Waals surface area contributed by atoms with Gasteiger partial charge in [0.05, 0.1) is 18.9 Å². The molecule has 0 aromatic carbocycles. The zero-order chi connectivity index (χ0) is 15.8. The Morgan fingerprint density at radius 1 is 1.62 bits per heavy atom. The fourth-order valence-corrected chi connectivity index (χ4v) is 3.67. The van der Waals surface area contributed by atoms with E-state index in [9.17, 15) is 18.3 Å². The Kier molecular flexibility index (Phi) is 4.09. The van der Waals surface area contributed by atoms with Crippen LogP contribution in [0.5, 0.6) is 0 Å². The predicted molar refractivity (Wildman–Crippen MR) is 73.1 cm³/mol. The Bertz CT molecular complexity index is 637. The van der Waals surface area contributed by atoms with Crippen molar-refractivity contribution in [1.29, 1.82) is 0 Å². The molecule has 2 unspecified atom stereocenters. The highest BCUT2D eigenvalue weighted by atomic mass is 32.2. The van der Waals surface area contributed by atoms with Crippen molar-refractivity contribution >= 4 is 16.0 Å². The van der Waals surface area contributed by atoms with E-state index in [1.54, 1.807) is 20.8 Å². The third-order valence-electron chi connectivity index (χ3n) is 3.88. The fraction of sp³-hybridized carbons (Fsp3) is 0.667. The molecule has 0 bridgehead atoms. The van der Waals surface area contributed by atoms with Gasteiger partial charge in [0.1, 0.15) is 5.56 Å². The number of nitrogens with zero attached hydrogens (tertiary/aromatic N) is 1. The number of ether oxygens (including phenoxy) is 1. The van der Waals surface area contributed by atoms with E-state index in [-0.39, 0.29) is 17.2 Å². The number of nitrogens with one attached hydrogen (secondary N) is 2. The van der Waals surface area contributed by atoms with Crippen molar-refractivity contribution in [2.75, 3.05) is 6.61 Å². The summed E-state index contributed by atoms with van der Waals surface area (Å²) in [5.41, 5.74) is -0.695. The van der Waals surface area contributed by atoms with E-state index in [0.717, 1.165) is 6.20 Å². The largest absolute Gasteiger partial charge is 0.462 e. The Balaban J connectivity index is 2.22. The number of aliphatic hydroxyl groups excluding tert-OH is 1. The highest BCUT2D eigenvalue weighted by Gasteiger charge is 2.49. The molecule has 3 N–H and O–H groups in total. The van der Waals surface area contributed by atoms with E-state index in [4.69, 9.17) is 4.74 Å². The van der Waals surface area contributed by atoms with Gasteiger partial charge in [-0.05, 0) is 13.3 Å². The molecule has 0 saturated heterocycles. The molecule has 2 atom stereocenters. The number of carbonyl (C=O) groups excluding carboxylic acids is 1. The first-order chi connectivity index (χ1) is 9.70. The van der Waals surface area contributed by atoms with Gasteiger partial charge in [-0.3, -0.25) is 5.10 Å². The van der Waals surface area contributed by atoms with Crippen molar-refractivity contribution in [3.63, 3.8) is 0 Å². The first-order valence-electron chi connectivity index (χ1n) is 6.61. The minimum Gasteiger partial charge on any atom is -0.462 e. The van der Waals surface area contributed by atoms with E-state index < -0.39 is 33.6 Å². The molecule has 0 radical (unpaired) electrons. The van der Waals surface area contributed by atoms with Gasteiger partial charge in [-0.2, -0.15) is 5.10 Å². The van der Waals surface area contributed by atoms with Crippen molar-refractivity contribution in [2.24, 2.45) is 5.41 Å². The summed E-state index contributed by atoms with van der Waals surface area (Å²) in [6.07, 6.45) is 0.888. The zero-order valence-corrected chi connectivity index (χ0v) is 12.9. The van der Waals surface area contributed by atoms with Crippen LogP contribution in [0.1, 0.15) is 37.6 Å². The standard InChI is InChI=1S/C12H19N3O5S/c1-4-20-11(17)7-6-13-14-10(7)21(18,19)15-8-5-9(16)12(8,2)3/h6,8-9,15-16H,4-5H2,1-3H3,(H,13,14). The maximum atomic E-state index is 12.3. The lowest BCUT2D eigenvalue weighted by Crippen LogP contribution is -2.61. The first-order valence-corrected chi connectivity index (χ1v) is 8.09. The maximum absolute atomic E-state index is 12.3. The second-order valence-electron chi connectivity index (χ2n) is 5.58. The van der Waals surface area contributed by atoms with Gasteiger partial charge in [-0.1, -0.05) is 13.8 Å². The molecule has 1 saturated carbocycles.